The SMILES string of the molecule is CC(C)(C)c1cccc(-n2c3ccccc3c3ccc(-c4cccc5c4nc(-c4cc(C(C)(C)C)cc(C(C)(C)C)c4O)n5-c4ccc(C(C)(C)C)cc4-c4ccccc4)nc32)c1. The lowest BCUT2D eigenvalue weighted by atomic mass is 9.79. The summed E-state index contributed by atoms with van der Waals surface area (Å²) in [6, 6.07) is 50.0. The molecule has 0 aliphatic rings. The van der Waals surface area contributed by atoms with Crippen LogP contribution < -0.4 is 0 Å². The van der Waals surface area contributed by atoms with E-state index in [9.17, 15) is 5.11 Å². The molecule has 318 valence electrons. The maximum absolute atomic E-state index is 12.5. The van der Waals surface area contributed by atoms with Crippen molar-refractivity contribution in [1.82, 2.24) is 19.1 Å². The number of aromatic hydroxyl groups is 1. The van der Waals surface area contributed by atoms with Crippen molar-refractivity contribution in [2.45, 2.75) is 105 Å². The van der Waals surface area contributed by atoms with E-state index in [1.165, 1.54) is 11.1 Å². The predicted octanol–water partition coefficient (Wildman–Crippen LogP) is 15.4. The first-order chi connectivity index (χ1) is 29.7. The Morgan fingerprint density at radius 3 is 1.78 bits per heavy atom. The molecule has 63 heavy (non-hydrogen) atoms. The number of para-hydroxylation sites is 2. The fraction of sp³-hybridized carbons (Fsp3) is 0.276. The normalized spacial score (nSPS) is 12.8. The second-order valence-corrected chi connectivity index (χ2v) is 21.4. The van der Waals surface area contributed by atoms with Crippen LogP contribution in [0, 0.1) is 0 Å². The number of imidazole rings is 1. The van der Waals surface area contributed by atoms with Crippen molar-refractivity contribution in [2.75, 3.05) is 0 Å². The van der Waals surface area contributed by atoms with Crippen molar-refractivity contribution in [2.24, 2.45) is 0 Å². The van der Waals surface area contributed by atoms with Gasteiger partial charge in [0.25, 0.3) is 0 Å². The Bertz CT molecular complexity index is 3210. The van der Waals surface area contributed by atoms with Gasteiger partial charge in [-0.15, -0.1) is 0 Å². The van der Waals surface area contributed by atoms with Crippen LogP contribution in [-0.2, 0) is 21.7 Å². The molecule has 0 fully saturated rings. The average molecular weight is 829 g/mol. The maximum atomic E-state index is 12.5. The van der Waals surface area contributed by atoms with Crippen molar-refractivity contribution in [3.63, 3.8) is 0 Å². The Labute approximate surface area is 373 Å². The molecule has 9 aromatic rings. The maximum Gasteiger partial charge on any atom is 0.149 e. The molecule has 0 aliphatic carbocycles. The van der Waals surface area contributed by atoms with E-state index in [1.54, 1.807) is 0 Å². The Balaban J connectivity index is 1.38. The summed E-state index contributed by atoms with van der Waals surface area (Å²) in [6.07, 6.45) is 0. The molecular weight excluding hydrogens is 769 g/mol. The summed E-state index contributed by atoms with van der Waals surface area (Å²) in [5.74, 6) is 0.934. The number of benzene rings is 6. The molecule has 3 aromatic heterocycles. The summed E-state index contributed by atoms with van der Waals surface area (Å²) < 4.78 is 4.58. The minimum Gasteiger partial charge on any atom is -0.507 e. The summed E-state index contributed by atoms with van der Waals surface area (Å²) >= 11 is 0. The molecule has 0 spiro atoms. The smallest absolute Gasteiger partial charge is 0.149 e. The highest BCUT2D eigenvalue weighted by Gasteiger charge is 2.30. The van der Waals surface area contributed by atoms with Crippen molar-refractivity contribution in [3.8, 4) is 50.9 Å². The monoisotopic (exact) mass is 828 g/mol. The van der Waals surface area contributed by atoms with Crippen LogP contribution in [0.1, 0.15) is 105 Å². The Morgan fingerprint density at radius 2 is 1.08 bits per heavy atom. The van der Waals surface area contributed by atoms with Crippen LogP contribution in [0.2, 0.25) is 0 Å². The van der Waals surface area contributed by atoms with Crippen molar-refractivity contribution in [3.05, 3.63) is 162 Å². The fourth-order valence-electron chi connectivity index (χ4n) is 8.95. The highest BCUT2D eigenvalue weighted by molar-refractivity contribution is 6.09. The fourth-order valence-corrected chi connectivity index (χ4v) is 8.95. The van der Waals surface area contributed by atoms with Crippen LogP contribution in [0.15, 0.2) is 140 Å². The molecule has 0 saturated carbocycles. The molecule has 1 N–H and O–H groups in total. The van der Waals surface area contributed by atoms with Gasteiger partial charge in [0.15, 0.2) is 0 Å². The first kappa shape index (κ1) is 41.9. The Hall–Kier alpha value is -6.46. The van der Waals surface area contributed by atoms with Gasteiger partial charge < -0.3 is 5.11 Å². The van der Waals surface area contributed by atoms with Crippen LogP contribution in [-0.4, -0.2) is 24.2 Å². The number of rotatable bonds is 5. The molecular formula is C58H60N4O. The zero-order chi connectivity index (χ0) is 44.8. The molecule has 0 saturated heterocycles. The quantitative estimate of drug-likeness (QED) is 0.188. The highest BCUT2D eigenvalue weighted by atomic mass is 16.3. The predicted molar refractivity (Wildman–Crippen MR) is 266 cm³/mol. The van der Waals surface area contributed by atoms with Crippen LogP contribution >= 0.6 is 0 Å². The van der Waals surface area contributed by atoms with Gasteiger partial charge in [-0.25, -0.2) is 9.97 Å². The van der Waals surface area contributed by atoms with Gasteiger partial charge in [-0.1, -0.05) is 168 Å². The summed E-state index contributed by atoms with van der Waals surface area (Å²) in [4.78, 5) is 11.2. The number of nitrogens with zero attached hydrogens (tertiary/aromatic N) is 4. The lowest BCUT2D eigenvalue weighted by molar-refractivity contribution is 0.446. The zero-order valence-corrected chi connectivity index (χ0v) is 39.0. The standard InChI is InChI=1S/C58H60N4O/c1-55(2,3)37-22-18-23-40(32-37)61-48-26-17-16-24-41(48)42-29-30-47(59-53(42)61)43-25-19-27-50-51(43)60-54(45-34-39(57(7,8)9)35-46(52(45)63)58(10,11)12)62(50)49-31-28-38(56(4,5)6)33-44(49)36-20-14-13-15-21-36/h13-35,63H,1-12H3. The molecule has 0 aliphatic heterocycles. The number of aromatic nitrogens is 4. The van der Waals surface area contributed by atoms with Crippen LogP contribution in [0.25, 0.3) is 78.1 Å². The van der Waals surface area contributed by atoms with Gasteiger partial charge in [0.1, 0.15) is 17.2 Å². The Kier molecular flexibility index (Phi) is 9.86. The van der Waals surface area contributed by atoms with Crippen molar-refractivity contribution >= 4 is 33.0 Å². The summed E-state index contributed by atoms with van der Waals surface area (Å²) in [7, 11) is 0. The van der Waals surface area contributed by atoms with Gasteiger partial charge in [0.05, 0.1) is 33.5 Å². The third kappa shape index (κ3) is 7.41. The van der Waals surface area contributed by atoms with E-state index in [2.05, 4.69) is 232 Å². The van der Waals surface area contributed by atoms with Crippen molar-refractivity contribution < 1.29 is 5.11 Å². The minimum absolute atomic E-state index is 0.0124. The molecule has 0 unspecified atom stereocenters. The third-order valence-corrected chi connectivity index (χ3v) is 12.7. The van der Waals surface area contributed by atoms with Crippen molar-refractivity contribution in [1.29, 1.82) is 0 Å². The second-order valence-electron chi connectivity index (χ2n) is 21.4. The van der Waals surface area contributed by atoms with Gasteiger partial charge in [-0.3, -0.25) is 9.13 Å². The van der Waals surface area contributed by atoms with Gasteiger partial charge in [-0.2, -0.15) is 0 Å². The molecule has 0 bridgehead atoms. The summed E-state index contributed by atoms with van der Waals surface area (Å²) in [5, 5.41) is 14.8. The van der Waals surface area contributed by atoms with E-state index in [-0.39, 0.29) is 27.4 Å². The summed E-state index contributed by atoms with van der Waals surface area (Å²) in [6.45, 7) is 26.7. The summed E-state index contributed by atoms with van der Waals surface area (Å²) in [5.41, 5.74) is 14.4. The number of pyridine rings is 1. The van der Waals surface area contributed by atoms with E-state index in [0.717, 1.165) is 77.9 Å². The van der Waals surface area contributed by atoms with Gasteiger partial charge in [0, 0.05) is 33.2 Å². The molecule has 3 heterocycles. The van der Waals surface area contributed by atoms with E-state index >= 15 is 0 Å². The number of hydrogen-bond acceptors (Lipinski definition) is 3. The van der Waals surface area contributed by atoms with E-state index < -0.39 is 0 Å². The van der Waals surface area contributed by atoms with Gasteiger partial charge >= 0.3 is 0 Å². The number of hydrogen-bond donors (Lipinski definition) is 1. The molecule has 6 aromatic carbocycles. The highest BCUT2D eigenvalue weighted by Crippen LogP contribution is 2.46. The molecule has 9 rings (SSSR count). The first-order valence-electron chi connectivity index (χ1n) is 22.3. The number of phenolic OH excluding ortho intramolecular Hbond substituents is 1. The largest absolute Gasteiger partial charge is 0.507 e. The molecule has 0 atom stereocenters. The zero-order valence-electron chi connectivity index (χ0n) is 39.0. The number of phenols is 1. The lowest BCUT2D eigenvalue weighted by Crippen LogP contribution is -2.17. The van der Waals surface area contributed by atoms with Crippen LogP contribution in [0.3, 0.4) is 0 Å². The lowest BCUT2D eigenvalue weighted by Gasteiger charge is -2.28. The van der Waals surface area contributed by atoms with E-state index in [1.807, 2.05) is 0 Å². The molecule has 0 radical (unpaired) electrons. The van der Waals surface area contributed by atoms with Gasteiger partial charge in [0.2, 0.25) is 0 Å². The Morgan fingerprint density at radius 1 is 0.444 bits per heavy atom. The second kappa shape index (κ2) is 14.8. The molecule has 5 heteroatoms. The topological polar surface area (TPSA) is 55.9 Å². The van der Waals surface area contributed by atoms with Gasteiger partial charge in [-0.05, 0) is 98.5 Å². The third-order valence-electron chi connectivity index (χ3n) is 12.7. The molecule has 5 nitrogen and oxygen atoms in total. The van der Waals surface area contributed by atoms with E-state index in [4.69, 9.17) is 9.97 Å². The molecule has 0 amide bonds. The number of fused-ring (bicyclic) bond motifs is 4. The van der Waals surface area contributed by atoms with E-state index in [0.29, 0.717) is 11.4 Å². The average Bonchev–Trinajstić information content (AvgIpc) is 3.78. The minimum atomic E-state index is -0.324. The first-order valence-corrected chi connectivity index (χ1v) is 22.3. The van der Waals surface area contributed by atoms with Crippen LogP contribution in [0.4, 0.5) is 0 Å². The van der Waals surface area contributed by atoms with Crippen LogP contribution in [0.5, 0.6) is 5.75 Å².